The first-order valence-electron chi connectivity index (χ1n) is 6.34. The monoisotopic (exact) mass is 301 g/mol. The Balaban J connectivity index is 2.13. The normalized spacial score (nSPS) is 10.1. The van der Waals surface area contributed by atoms with E-state index in [-0.39, 0.29) is 5.91 Å². The number of aromatic nitrogens is 3. The summed E-state index contributed by atoms with van der Waals surface area (Å²) in [6.07, 6.45) is 0. The molecule has 1 amide bonds. The minimum Gasteiger partial charge on any atom is -0.334 e. The predicted molar refractivity (Wildman–Crippen MR) is 79.7 cm³/mol. The molecule has 0 saturated carbocycles. The Labute approximate surface area is 127 Å². The first-order chi connectivity index (χ1) is 10.1. The van der Waals surface area contributed by atoms with Crippen LogP contribution in [-0.2, 0) is 6.54 Å². The van der Waals surface area contributed by atoms with Gasteiger partial charge < -0.3 is 4.90 Å². The zero-order valence-electron chi connectivity index (χ0n) is 11.8. The molecule has 2 rings (SSSR count). The highest BCUT2D eigenvalue weighted by atomic mass is 32.2. The maximum atomic E-state index is 12.5. The van der Waals surface area contributed by atoms with Crippen LogP contribution in [0.3, 0.4) is 0 Å². The average molecular weight is 301 g/mol. The number of hydrogen-bond donors (Lipinski definition) is 1. The van der Waals surface area contributed by atoms with Gasteiger partial charge in [-0.15, -0.1) is 11.8 Å². The molecule has 2 aromatic rings. The Kier molecular flexibility index (Phi) is 4.95. The molecule has 0 spiro atoms. The van der Waals surface area contributed by atoms with Crippen molar-refractivity contribution >= 4 is 17.7 Å². The molecule has 1 aromatic heterocycles. The molecule has 0 aliphatic rings. The predicted octanol–water partition coefficient (Wildman–Crippen LogP) is 2.00. The van der Waals surface area contributed by atoms with Crippen LogP contribution >= 0.6 is 11.8 Å². The van der Waals surface area contributed by atoms with Gasteiger partial charge in [0, 0.05) is 11.9 Å². The van der Waals surface area contributed by atoms with Crippen LogP contribution in [0, 0.1) is 18.3 Å². The molecule has 0 aliphatic carbocycles. The number of carbonyl (C=O) groups excluding carboxylic acids is 1. The van der Waals surface area contributed by atoms with Crippen LogP contribution in [0.5, 0.6) is 0 Å². The Morgan fingerprint density at radius 2 is 2.24 bits per heavy atom. The summed E-state index contributed by atoms with van der Waals surface area (Å²) in [7, 11) is 1.71. The number of rotatable bonds is 5. The number of nitrogens with one attached hydrogen (secondary N) is 1. The summed E-state index contributed by atoms with van der Waals surface area (Å²) in [5.74, 6) is 1.49. The Hall–Kier alpha value is -2.33. The Morgan fingerprint density at radius 3 is 2.90 bits per heavy atom. The number of amides is 1. The molecule has 1 N–H and O–H groups in total. The van der Waals surface area contributed by atoms with Gasteiger partial charge in [-0.2, -0.15) is 10.4 Å². The summed E-state index contributed by atoms with van der Waals surface area (Å²) in [5, 5.41) is 15.5. The fourth-order valence-electron chi connectivity index (χ4n) is 1.83. The molecule has 0 aliphatic heterocycles. The topological polar surface area (TPSA) is 85.7 Å². The fourth-order valence-corrected chi connectivity index (χ4v) is 2.53. The van der Waals surface area contributed by atoms with Crippen molar-refractivity contribution in [2.24, 2.45) is 0 Å². The third-order valence-corrected chi connectivity index (χ3v) is 3.72. The SMILES string of the molecule is Cc1nc(CN(C)C(=O)c2ccccc2SCC#N)n[nH]1. The third kappa shape index (κ3) is 3.83. The highest BCUT2D eigenvalue weighted by molar-refractivity contribution is 7.99. The lowest BCUT2D eigenvalue weighted by atomic mass is 10.2. The van der Waals surface area contributed by atoms with Gasteiger partial charge in [-0.1, -0.05) is 12.1 Å². The number of carbonyl (C=O) groups is 1. The summed E-state index contributed by atoms with van der Waals surface area (Å²) < 4.78 is 0. The second-order valence-corrected chi connectivity index (χ2v) is 5.46. The summed E-state index contributed by atoms with van der Waals surface area (Å²) in [6.45, 7) is 2.15. The van der Waals surface area contributed by atoms with Crippen LogP contribution in [0.25, 0.3) is 0 Å². The molecule has 0 unspecified atom stereocenters. The van der Waals surface area contributed by atoms with Crippen molar-refractivity contribution in [1.29, 1.82) is 5.26 Å². The van der Waals surface area contributed by atoms with Gasteiger partial charge in [-0.25, -0.2) is 4.98 Å². The second-order valence-electron chi connectivity index (χ2n) is 4.44. The quantitative estimate of drug-likeness (QED) is 0.854. The van der Waals surface area contributed by atoms with Crippen molar-refractivity contribution in [2.75, 3.05) is 12.8 Å². The van der Waals surface area contributed by atoms with Crippen LogP contribution in [0.15, 0.2) is 29.2 Å². The summed E-state index contributed by atoms with van der Waals surface area (Å²) in [6, 6.07) is 9.35. The average Bonchev–Trinajstić information content (AvgIpc) is 2.89. The van der Waals surface area contributed by atoms with Gasteiger partial charge in [0.1, 0.15) is 5.82 Å². The molecule has 0 bridgehead atoms. The van der Waals surface area contributed by atoms with E-state index in [4.69, 9.17) is 5.26 Å². The highest BCUT2D eigenvalue weighted by Gasteiger charge is 2.17. The maximum Gasteiger partial charge on any atom is 0.255 e. The molecule has 7 heteroatoms. The smallest absolute Gasteiger partial charge is 0.255 e. The van der Waals surface area contributed by atoms with E-state index in [1.807, 2.05) is 25.1 Å². The van der Waals surface area contributed by atoms with Crippen molar-refractivity contribution in [3.8, 4) is 6.07 Å². The molecule has 1 heterocycles. The lowest BCUT2D eigenvalue weighted by Gasteiger charge is -2.17. The number of nitrogens with zero attached hydrogens (tertiary/aromatic N) is 4. The third-order valence-electron chi connectivity index (χ3n) is 2.78. The van der Waals surface area contributed by atoms with Crippen LogP contribution in [0.1, 0.15) is 22.0 Å². The van der Waals surface area contributed by atoms with Crippen molar-refractivity contribution in [2.45, 2.75) is 18.4 Å². The number of H-pyrrole nitrogens is 1. The standard InChI is InChI=1S/C14H15N5OS/c1-10-16-13(18-17-10)9-19(2)14(20)11-5-3-4-6-12(11)21-8-7-15/h3-6H,8-9H2,1-2H3,(H,16,17,18). The molecule has 108 valence electrons. The van der Waals surface area contributed by atoms with Crippen LogP contribution < -0.4 is 0 Å². The Morgan fingerprint density at radius 1 is 1.48 bits per heavy atom. The van der Waals surface area contributed by atoms with E-state index in [9.17, 15) is 4.79 Å². The van der Waals surface area contributed by atoms with Crippen LogP contribution in [0.4, 0.5) is 0 Å². The van der Waals surface area contributed by atoms with E-state index < -0.39 is 0 Å². The minimum absolute atomic E-state index is 0.113. The molecule has 0 fully saturated rings. The molecule has 21 heavy (non-hydrogen) atoms. The molecule has 1 aromatic carbocycles. The van der Waals surface area contributed by atoms with Crippen LogP contribution in [0.2, 0.25) is 0 Å². The van der Waals surface area contributed by atoms with Crippen molar-refractivity contribution < 1.29 is 4.79 Å². The van der Waals surface area contributed by atoms with Crippen molar-refractivity contribution in [3.05, 3.63) is 41.5 Å². The van der Waals surface area contributed by atoms with Gasteiger partial charge in [0.15, 0.2) is 5.82 Å². The molecule has 0 atom stereocenters. The molecule has 6 nitrogen and oxygen atoms in total. The maximum absolute atomic E-state index is 12.5. The number of aryl methyl sites for hydroxylation is 1. The lowest BCUT2D eigenvalue weighted by molar-refractivity contribution is 0.0778. The summed E-state index contributed by atoms with van der Waals surface area (Å²) >= 11 is 1.36. The lowest BCUT2D eigenvalue weighted by Crippen LogP contribution is -2.27. The molecule has 0 saturated heterocycles. The van der Waals surface area contributed by atoms with E-state index >= 15 is 0 Å². The van der Waals surface area contributed by atoms with E-state index in [1.54, 1.807) is 18.0 Å². The van der Waals surface area contributed by atoms with Crippen molar-refractivity contribution in [3.63, 3.8) is 0 Å². The van der Waals surface area contributed by atoms with Gasteiger partial charge in [0.2, 0.25) is 0 Å². The van der Waals surface area contributed by atoms with E-state index in [0.717, 1.165) is 10.7 Å². The molecular formula is C14H15N5OS. The first kappa shape index (κ1) is 15.1. The van der Waals surface area contributed by atoms with Gasteiger partial charge in [-0.3, -0.25) is 9.89 Å². The number of aromatic amines is 1. The summed E-state index contributed by atoms with van der Waals surface area (Å²) in [4.78, 5) is 19.1. The first-order valence-corrected chi connectivity index (χ1v) is 7.32. The van der Waals surface area contributed by atoms with E-state index in [2.05, 4.69) is 21.3 Å². The fraction of sp³-hybridized carbons (Fsp3) is 0.286. The van der Waals surface area contributed by atoms with Gasteiger partial charge >= 0.3 is 0 Å². The van der Waals surface area contributed by atoms with Gasteiger partial charge in [-0.05, 0) is 19.1 Å². The molecular weight excluding hydrogens is 286 g/mol. The van der Waals surface area contributed by atoms with E-state index in [0.29, 0.717) is 23.7 Å². The minimum atomic E-state index is -0.113. The zero-order valence-corrected chi connectivity index (χ0v) is 12.6. The van der Waals surface area contributed by atoms with Crippen LogP contribution in [-0.4, -0.2) is 38.8 Å². The second kappa shape index (κ2) is 6.90. The van der Waals surface area contributed by atoms with E-state index in [1.165, 1.54) is 11.8 Å². The van der Waals surface area contributed by atoms with Crippen molar-refractivity contribution in [1.82, 2.24) is 20.1 Å². The van der Waals surface area contributed by atoms with Gasteiger partial charge in [0.25, 0.3) is 5.91 Å². The summed E-state index contributed by atoms with van der Waals surface area (Å²) in [5.41, 5.74) is 0.590. The Bertz CT molecular complexity index is 676. The largest absolute Gasteiger partial charge is 0.334 e. The number of nitriles is 1. The zero-order chi connectivity index (χ0) is 15.2. The number of thioether (sulfide) groups is 1. The highest BCUT2D eigenvalue weighted by Crippen LogP contribution is 2.23. The van der Waals surface area contributed by atoms with Gasteiger partial charge in [0.05, 0.1) is 23.9 Å². The number of benzene rings is 1. The number of hydrogen-bond acceptors (Lipinski definition) is 5. The molecule has 0 radical (unpaired) electrons.